The third kappa shape index (κ3) is 3.34. The second kappa shape index (κ2) is 8.08. The summed E-state index contributed by atoms with van der Waals surface area (Å²) >= 11 is 3.62. The summed E-state index contributed by atoms with van der Waals surface area (Å²) in [5, 5.41) is 1.19. The summed E-state index contributed by atoms with van der Waals surface area (Å²) in [4.78, 5) is 20.6. The number of likely N-dealkylation sites (tertiary alicyclic amines) is 1. The Bertz CT molecular complexity index is 1530. The fraction of sp³-hybridized carbons (Fsp3) is 0.429. The maximum atomic E-state index is 13.6. The summed E-state index contributed by atoms with van der Waals surface area (Å²) in [6.45, 7) is 1.73. The van der Waals surface area contributed by atoms with Gasteiger partial charge in [0, 0.05) is 53.2 Å². The summed E-state index contributed by atoms with van der Waals surface area (Å²) in [6, 6.07) is 12.7. The van der Waals surface area contributed by atoms with Gasteiger partial charge in [0.25, 0.3) is 5.91 Å². The van der Waals surface area contributed by atoms with Gasteiger partial charge in [0.15, 0.2) is 5.82 Å². The highest BCUT2D eigenvalue weighted by Gasteiger charge is 2.47. The van der Waals surface area contributed by atoms with E-state index in [0.29, 0.717) is 17.2 Å². The first-order chi connectivity index (χ1) is 17.4. The number of aryl methyl sites for hydroxylation is 1. The summed E-state index contributed by atoms with van der Waals surface area (Å²) in [5.41, 5.74) is 11.0. The van der Waals surface area contributed by atoms with E-state index in [1.807, 2.05) is 24.1 Å². The van der Waals surface area contributed by atoms with Crippen molar-refractivity contribution >= 4 is 43.8 Å². The van der Waals surface area contributed by atoms with E-state index in [1.165, 1.54) is 23.7 Å². The van der Waals surface area contributed by atoms with Crippen molar-refractivity contribution in [2.24, 2.45) is 24.6 Å². The number of carbonyl (C=O) groups excluding carboxylic acids is 1. The van der Waals surface area contributed by atoms with Gasteiger partial charge in [0.05, 0.1) is 18.3 Å². The predicted molar refractivity (Wildman–Crippen MR) is 144 cm³/mol. The van der Waals surface area contributed by atoms with E-state index in [-0.39, 0.29) is 18.0 Å². The van der Waals surface area contributed by atoms with Crippen LogP contribution in [0.4, 0.5) is 0 Å². The molecule has 1 amide bonds. The Balaban J connectivity index is 1.35. The van der Waals surface area contributed by atoms with Gasteiger partial charge in [-0.25, -0.2) is 4.98 Å². The Labute approximate surface area is 218 Å². The van der Waals surface area contributed by atoms with Crippen LogP contribution in [0.2, 0.25) is 0 Å². The van der Waals surface area contributed by atoms with E-state index in [0.717, 1.165) is 58.9 Å². The molecule has 4 aromatic rings. The number of benzene rings is 2. The predicted octanol–water partition coefficient (Wildman–Crippen LogP) is 4.94. The number of rotatable bonds is 5. The summed E-state index contributed by atoms with van der Waals surface area (Å²) in [7, 11) is 3.69. The van der Waals surface area contributed by atoms with Crippen molar-refractivity contribution < 1.29 is 9.53 Å². The average Bonchev–Trinajstić information content (AvgIpc) is 3.28. The number of nitrogens with two attached hydrogens (primary N) is 1. The Morgan fingerprint density at radius 3 is 2.69 bits per heavy atom. The standard InChI is InChI=1S/C28H30BrN5O2/c1-32-26-20(10-18(12-24(26)36-2)28(35)34-14-16-5-7-22(34)25(16)30)31-27(32)23-11-17-9-19(29)6-8-21(17)33(23)13-15-3-4-15/h6,8-12,15-16,22,25H,3-5,7,13-14,30H2,1-2H3/t16-,22?,25+/m1/s1. The van der Waals surface area contributed by atoms with Gasteiger partial charge in [-0.05, 0) is 73.9 Å². The minimum absolute atomic E-state index is 0.0257. The van der Waals surface area contributed by atoms with Crippen LogP contribution >= 0.6 is 15.9 Å². The van der Waals surface area contributed by atoms with Crippen molar-refractivity contribution in [2.75, 3.05) is 13.7 Å². The van der Waals surface area contributed by atoms with Crippen LogP contribution in [0.1, 0.15) is 36.0 Å². The molecule has 0 spiro atoms. The SMILES string of the molecule is COc1cc(C(=O)N2C[C@H]3CCC2[C@H]3N)cc2nc(-c3cc4cc(Br)ccc4n3CC3CC3)n(C)c12. The van der Waals surface area contributed by atoms with Crippen LogP contribution in [0.3, 0.4) is 0 Å². The fourth-order valence-corrected chi connectivity index (χ4v) is 6.83. The number of ether oxygens (including phenoxy) is 1. The lowest BCUT2D eigenvalue weighted by Gasteiger charge is -2.27. The second-order valence-electron chi connectivity index (χ2n) is 10.8. The Morgan fingerprint density at radius 2 is 2.00 bits per heavy atom. The van der Waals surface area contributed by atoms with Crippen molar-refractivity contribution in [3.63, 3.8) is 0 Å². The molecule has 2 bridgehead atoms. The molecule has 8 heteroatoms. The molecule has 2 aliphatic carbocycles. The topological polar surface area (TPSA) is 78.3 Å². The summed E-state index contributed by atoms with van der Waals surface area (Å²) in [6.07, 6.45) is 4.66. The van der Waals surface area contributed by atoms with Gasteiger partial charge in [0.1, 0.15) is 11.3 Å². The molecule has 186 valence electrons. The van der Waals surface area contributed by atoms with Gasteiger partial charge in [-0.3, -0.25) is 4.79 Å². The normalized spacial score (nSPS) is 23.3. The number of aromatic nitrogens is 3. The van der Waals surface area contributed by atoms with Gasteiger partial charge < -0.3 is 24.5 Å². The molecule has 1 aliphatic heterocycles. The molecule has 3 aliphatic rings. The van der Waals surface area contributed by atoms with Crippen LogP contribution in [-0.4, -0.2) is 50.7 Å². The maximum Gasteiger partial charge on any atom is 0.254 e. The first kappa shape index (κ1) is 22.4. The number of halogens is 1. The van der Waals surface area contributed by atoms with Gasteiger partial charge in [0.2, 0.25) is 0 Å². The zero-order valence-electron chi connectivity index (χ0n) is 20.6. The van der Waals surface area contributed by atoms with Gasteiger partial charge in [-0.1, -0.05) is 15.9 Å². The molecular formula is C28H30BrN5O2. The van der Waals surface area contributed by atoms with Crippen LogP contribution in [0.15, 0.2) is 40.9 Å². The van der Waals surface area contributed by atoms with Crippen LogP contribution in [0.5, 0.6) is 5.75 Å². The smallest absolute Gasteiger partial charge is 0.254 e. The van der Waals surface area contributed by atoms with Crippen LogP contribution in [0.25, 0.3) is 33.5 Å². The number of carbonyl (C=O) groups is 1. The van der Waals surface area contributed by atoms with E-state index < -0.39 is 0 Å². The van der Waals surface area contributed by atoms with Crippen LogP contribution < -0.4 is 10.5 Å². The molecule has 1 unspecified atom stereocenters. The van der Waals surface area contributed by atoms with E-state index >= 15 is 0 Å². The molecule has 2 aromatic heterocycles. The molecular weight excluding hydrogens is 518 g/mol. The first-order valence-electron chi connectivity index (χ1n) is 12.8. The lowest BCUT2D eigenvalue weighted by Crippen LogP contribution is -2.41. The molecule has 0 radical (unpaired) electrons. The Hall–Kier alpha value is -2.84. The van der Waals surface area contributed by atoms with E-state index in [2.05, 4.69) is 49.3 Å². The van der Waals surface area contributed by atoms with Crippen molar-refractivity contribution in [1.29, 1.82) is 0 Å². The Morgan fingerprint density at radius 1 is 1.17 bits per heavy atom. The number of amides is 1. The lowest BCUT2D eigenvalue weighted by atomic mass is 10.1. The highest BCUT2D eigenvalue weighted by Crippen LogP contribution is 2.40. The molecule has 7 nitrogen and oxygen atoms in total. The van der Waals surface area contributed by atoms with Gasteiger partial charge >= 0.3 is 0 Å². The van der Waals surface area contributed by atoms with E-state index in [1.54, 1.807) is 7.11 Å². The fourth-order valence-electron chi connectivity index (χ4n) is 6.45. The average molecular weight is 548 g/mol. The molecule has 3 fully saturated rings. The highest BCUT2D eigenvalue weighted by atomic mass is 79.9. The first-order valence-corrected chi connectivity index (χ1v) is 13.6. The van der Waals surface area contributed by atoms with Crippen molar-refractivity contribution in [3.05, 3.63) is 46.4 Å². The number of methoxy groups -OCH3 is 1. The monoisotopic (exact) mass is 547 g/mol. The molecule has 1 saturated heterocycles. The number of imidazole rings is 1. The molecule has 3 heterocycles. The third-order valence-corrected chi connectivity index (χ3v) is 9.04. The maximum absolute atomic E-state index is 13.6. The number of hydrogen-bond donors (Lipinski definition) is 1. The molecule has 3 atom stereocenters. The number of piperidine rings is 1. The molecule has 2 saturated carbocycles. The summed E-state index contributed by atoms with van der Waals surface area (Å²) in [5.74, 6) is 2.71. The zero-order chi connectivity index (χ0) is 24.7. The zero-order valence-corrected chi connectivity index (χ0v) is 22.2. The van der Waals surface area contributed by atoms with Crippen molar-refractivity contribution in [1.82, 2.24) is 19.0 Å². The molecule has 7 rings (SSSR count). The summed E-state index contributed by atoms with van der Waals surface area (Å²) < 4.78 is 11.4. The number of nitrogens with zero attached hydrogens (tertiary/aromatic N) is 4. The van der Waals surface area contributed by atoms with Gasteiger partial charge in [-0.2, -0.15) is 0 Å². The third-order valence-electron chi connectivity index (χ3n) is 8.55. The van der Waals surface area contributed by atoms with Crippen molar-refractivity contribution in [2.45, 2.75) is 44.3 Å². The molecule has 2 aromatic carbocycles. The molecule has 36 heavy (non-hydrogen) atoms. The largest absolute Gasteiger partial charge is 0.494 e. The minimum atomic E-state index is 0.0257. The highest BCUT2D eigenvalue weighted by molar-refractivity contribution is 9.10. The van der Waals surface area contributed by atoms with Crippen LogP contribution in [0, 0.1) is 11.8 Å². The lowest BCUT2D eigenvalue weighted by molar-refractivity contribution is 0.0700. The molecule has 2 N–H and O–H groups in total. The number of hydrogen-bond acceptors (Lipinski definition) is 4. The van der Waals surface area contributed by atoms with Crippen molar-refractivity contribution in [3.8, 4) is 17.3 Å². The van der Waals surface area contributed by atoms with E-state index in [4.69, 9.17) is 15.5 Å². The minimum Gasteiger partial charge on any atom is -0.494 e. The quantitative estimate of drug-likeness (QED) is 0.384. The van der Waals surface area contributed by atoms with E-state index in [9.17, 15) is 4.79 Å². The van der Waals surface area contributed by atoms with Crippen LogP contribution in [-0.2, 0) is 13.6 Å². The number of fused-ring (bicyclic) bond motifs is 4. The Kier molecular flexibility index (Phi) is 5.02. The second-order valence-corrected chi connectivity index (χ2v) is 11.7. The van der Waals surface area contributed by atoms with Gasteiger partial charge in [-0.15, -0.1) is 0 Å².